The Balaban J connectivity index is 2.43. The number of carbonyl (C=O) groups is 2. The Hall–Kier alpha value is -2.04. The maximum absolute atomic E-state index is 11.9. The number of benzene rings is 1. The molecular formula is C13H14O5. The Morgan fingerprint density at radius 1 is 1.28 bits per heavy atom. The highest BCUT2D eigenvalue weighted by Crippen LogP contribution is 2.38. The largest absolute Gasteiger partial charge is 0.460 e. The average Bonchev–Trinajstić information content (AvgIpc) is 2.81. The minimum atomic E-state index is -0.848. The summed E-state index contributed by atoms with van der Waals surface area (Å²) in [6.45, 7) is 5.55. The molecule has 0 atom stereocenters. The second-order valence-electron chi connectivity index (χ2n) is 3.96. The molecule has 18 heavy (non-hydrogen) atoms. The fourth-order valence-corrected chi connectivity index (χ4v) is 1.84. The molecule has 2 rings (SSSR count). The lowest BCUT2D eigenvalue weighted by Gasteiger charge is -2.10. The molecule has 1 aromatic rings. The lowest BCUT2D eigenvalue weighted by molar-refractivity contribution is -0.137. The van der Waals surface area contributed by atoms with Crippen LogP contribution in [-0.4, -0.2) is 25.2 Å². The van der Waals surface area contributed by atoms with Crippen LogP contribution in [0.5, 0.6) is 11.5 Å². The predicted molar refractivity (Wildman–Crippen MR) is 63.0 cm³/mol. The Morgan fingerprint density at radius 2 is 2.00 bits per heavy atom. The van der Waals surface area contributed by atoms with E-state index in [0.717, 1.165) is 5.56 Å². The summed E-state index contributed by atoms with van der Waals surface area (Å²) in [5.41, 5.74) is 1.81. The minimum absolute atomic E-state index is 0.132. The van der Waals surface area contributed by atoms with Crippen LogP contribution in [0, 0.1) is 13.8 Å². The number of esters is 1. The molecule has 1 aromatic carbocycles. The van der Waals surface area contributed by atoms with E-state index >= 15 is 0 Å². The van der Waals surface area contributed by atoms with E-state index in [4.69, 9.17) is 14.2 Å². The van der Waals surface area contributed by atoms with E-state index in [2.05, 4.69) is 0 Å². The quantitative estimate of drug-likeness (QED) is 0.465. The van der Waals surface area contributed by atoms with Gasteiger partial charge in [-0.15, -0.1) is 0 Å². The highest BCUT2D eigenvalue weighted by atomic mass is 16.7. The van der Waals surface area contributed by atoms with Gasteiger partial charge in [-0.3, -0.25) is 4.79 Å². The van der Waals surface area contributed by atoms with Gasteiger partial charge in [-0.05, 0) is 38.0 Å². The van der Waals surface area contributed by atoms with Gasteiger partial charge >= 0.3 is 5.97 Å². The number of Topliss-reactive ketones (excluding diaryl/α,β-unsaturated/α-hetero) is 1. The summed E-state index contributed by atoms with van der Waals surface area (Å²) in [5, 5.41) is 0. The molecule has 5 heteroatoms. The molecule has 0 saturated carbocycles. The molecule has 96 valence electrons. The van der Waals surface area contributed by atoms with Crippen molar-refractivity contribution in [1.82, 2.24) is 0 Å². The van der Waals surface area contributed by atoms with Crippen LogP contribution in [0.25, 0.3) is 0 Å². The van der Waals surface area contributed by atoms with E-state index in [1.54, 1.807) is 13.8 Å². The van der Waals surface area contributed by atoms with E-state index in [0.29, 0.717) is 22.6 Å². The van der Waals surface area contributed by atoms with Crippen molar-refractivity contribution in [3.05, 3.63) is 22.8 Å². The van der Waals surface area contributed by atoms with Gasteiger partial charge in [-0.25, -0.2) is 4.79 Å². The van der Waals surface area contributed by atoms with Crippen molar-refractivity contribution in [2.24, 2.45) is 0 Å². The first-order valence-electron chi connectivity index (χ1n) is 5.67. The zero-order valence-electron chi connectivity index (χ0n) is 10.5. The van der Waals surface area contributed by atoms with Crippen LogP contribution < -0.4 is 9.47 Å². The van der Waals surface area contributed by atoms with Crippen LogP contribution in [0.3, 0.4) is 0 Å². The maximum atomic E-state index is 11.9. The Kier molecular flexibility index (Phi) is 3.23. The molecular weight excluding hydrogens is 236 g/mol. The number of carbonyl (C=O) groups excluding carboxylic acids is 2. The fraction of sp³-hybridized carbons (Fsp3) is 0.385. The SMILES string of the molecule is CCOC(=O)C(=O)c1cc2c(c(C)c1C)OCO2. The fourth-order valence-electron chi connectivity index (χ4n) is 1.84. The third kappa shape index (κ3) is 1.92. The molecule has 0 radical (unpaired) electrons. The van der Waals surface area contributed by atoms with Gasteiger partial charge in [0.1, 0.15) is 0 Å². The van der Waals surface area contributed by atoms with Crippen molar-refractivity contribution in [2.45, 2.75) is 20.8 Å². The van der Waals surface area contributed by atoms with Gasteiger partial charge in [0.2, 0.25) is 6.79 Å². The standard InChI is InChI=1S/C13H14O5/c1-4-16-13(15)11(14)9-5-10-12(18-6-17-10)8(3)7(9)2/h5H,4,6H2,1-3H3. The van der Waals surface area contributed by atoms with E-state index in [-0.39, 0.29) is 13.4 Å². The molecule has 1 aliphatic heterocycles. The molecule has 0 aromatic heterocycles. The molecule has 0 aliphatic carbocycles. The van der Waals surface area contributed by atoms with Crippen molar-refractivity contribution >= 4 is 11.8 Å². The van der Waals surface area contributed by atoms with E-state index in [9.17, 15) is 9.59 Å². The number of ketones is 1. The minimum Gasteiger partial charge on any atom is -0.460 e. The molecule has 0 N–H and O–H groups in total. The van der Waals surface area contributed by atoms with Crippen molar-refractivity contribution in [3.63, 3.8) is 0 Å². The van der Waals surface area contributed by atoms with Crippen molar-refractivity contribution < 1.29 is 23.8 Å². The number of hydrogen-bond acceptors (Lipinski definition) is 5. The van der Waals surface area contributed by atoms with E-state index < -0.39 is 11.8 Å². The van der Waals surface area contributed by atoms with Crippen LogP contribution in [-0.2, 0) is 9.53 Å². The second-order valence-corrected chi connectivity index (χ2v) is 3.96. The third-order valence-electron chi connectivity index (χ3n) is 2.93. The Bertz CT molecular complexity index is 519. The third-order valence-corrected chi connectivity index (χ3v) is 2.93. The highest BCUT2D eigenvalue weighted by Gasteiger charge is 2.26. The van der Waals surface area contributed by atoms with Crippen LogP contribution in [0.4, 0.5) is 0 Å². The van der Waals surface area contributed by atoms with Crippen LogP contribution in [0.15, 0.2) is 6.07 Å². The molecule has 0 fully saturated rings. The number of fused-ring (bicyclic) bond motifs is 1. The topological polar surface area (TPSA) is 61.8 Å². The van der Waals surface area contributed by atoms with Gasteiger partial charge in [0.25, 0.3) is 5.78 Å². The summed E-state index contributed by atoms with van der Waals surface area (Å²) in [5.74, 6) is -0.381. The zero-order valence-corrected chi connectivity index (χ0v) is 10.5. The molecule has 0 bridgehead atoms. The summed E-state index contributed by atoms with van der Waals surface area (Å²) >= 11 is 0. The second kappa shape index (κ2) is 4.68. The highest BCUT2D eigenvalue weighted by molar-refractivity contribution is 6.41. The maximum Gasteiger partial charge on any atom is 0.379 e. The Labute approximate surface area is 105 Å². The zero-order chi connectivity index (χ0) is 13.3. The van der Waals surface area contributed by atoms with Gasteiger partial charge in [0, 0.05) is 5.56 Å². The number of ether oxygens (including phenoxy) is 3. The van der Waals surface area contributed by atoms with Crippen molar-refractivity contribution in [3.8, 4) is 11.5 Å². The summed E-state index contributed by atoms with van der Waals surface area (Å²) in [6.07, 6.45) is 0. The van der Waals surface area contributed by atoms with E-state index in [1.165, 1.54) is 6.07 Å². The van der Waals surface area contributed by atoms with Gasteiger partial charge in [0.05, 0.1) is 6.61 Å². The van der Waals surface area contributed by atoms with Crippen LogP contribution in [0.1, 0.15) is 28.4 Å². The Morgan fingerprint density at radius 3 is 2.67 bits per heavy atom. The first-order valence-corrected chi connectivity index (χ1v) is 5.67. The number of hydrogen-bond donors (Lipinski definition) is 0. The lowest BCUT2D eigenvalue weighted by Crippen LogP contribution is -2.18. The van der Waals surface area contributed by atoms with E-state index in [1.807, 2.05) is 6.92 Å². The van der Waals surface area contributed by atoms with Crippen molar-refractivity contribution in [1.29, 1.82) is 0 Å². The van der Waals surface area contributed by atoms with Gasteiger partial charge in [-0.1, -0.05) is 0 Å². The predicted octanol–water partition coefficient (Wildman–Crippen LogP) is 1.78. The van der Waals surface area contributed by atoms with Crippen LogP contribution >= 0.6 is 0 Å². The molecule has 1 aliphatic rings. The lowest BCUT2D eigenvalue weighted by atomic mass is 9.98. The normalized spacial score (nSPS) is 12.4. The summed E-state index contributed by atoms with van der Waals surface area (Å²) in [4.78, 5) is 23.4. The van der Waals surface area contributed by atoms with Gasteiger partial charge in [0.15, 0.2) is 11.5 Å². The molecule has 5 nitrogen and oxygen atoms in total. The van der Waals surface area contributed by atoms with Crippen molar-refractivity contribution in [2.75, 3.05) is 13.4 Å². The molecule has 0 unspecified atom stereocenters. The number of rotatable bonds is 3. The summed E-state index contributed by atoms with van der Waals surface area (Å²) in [7, 11) is 0. The van der Waals surface area contributed by atoms with Crippen LogP contribution in [0.2, 0.25) is 0 Å². The monoisotopic (exact) mass is 250 g/mol. The first kappa shape index (κ1) is 12.4. The average molecular weight is 250 g/mol. The smallest absolute Gasteiger partial charge is 0.379 e. The molecule has 0 saturated heterocycles. The molecule has 0 amide bonds. The first-order chi connectivity index (χ1) is 8.56. The summed E-state index contributed by atoms with van der Waals surface area (Å²) in [6, 6.07) is 1.53. The van der Waals surface area contributed by atoms with Gasteiger partial charge < -0.3 is 14.2 Å². The molecule has 1 heterocycles. The summed E-state index contributed by atoms with van der Waals surface area (Å²) < 4.78 is 15.3. The molecule has 0 spiro atoms. The van der Waals surface area contributed by atoms with Gasteiger partial charge in [-0.2, -0.15) is 0 Å².